The fourth-order valence-electron chi connectivity index (χ4n) is 1.83. The molecule has 0 saturated carbocycles. The first-order valence-corrected chi connectivity index (χ1v) is 8.03. The van der Waals surface area contributed by atoms with E-state index in [2.05, 4.69) is 0 Å². The molecule has 112 valence electrons. The molecule has 0 heterocycles. The van der Waals surface area contributed by atoms with Gasteiger partial charge in [0, 0.05) is 4.90 Å². The Kier molecular flexibility index (Phi) is 6.93. The summed E-state index contributed by atoms with van der Waals surface area (Å²) < 4.78 is 5.08. The quantitative estimate of drug-likeness (QED) is 0.443. The van der Waals surface area contributed by atoms with Crippen LogP contribution >= 0.6 is 11.8 Å². The molecule has 1 rings (SSSR count). The molecule has 0 unspecified atom stereocenters. The number of hydrogen-bond donors (Lipinski definition) is 1. The van der Waals surface area contributed by atoms with E-state index in [-0.39, 0.29) is 11.4 Å². The second kappa shape index (κ2) is 8.20. The third-order valence-corrected chi connectivity index (χ3v) is 4.23. The van der Waals surface area contributed by atoms with Crippen molar-refractivity contribution in [3.63, 3.8) is 0 Å². The van der Waals surface area contributed by atoms with Gasteiger partial charge in [-0.2, -0.15) is 0 Å². The molecule has 0 aliphatic rings. The van der Waals surface area contributed by atoms with E-state index in [9.17, 15) is 9.90 Å². The SMILES string of the molecule is CCOC(=O)C(C)(C)CCCCSc1ccc(O)cc1. The number of phenolic OH excluding ortho intramolecular Hbond substituents is 1. The van der Waals surface area contributed by atoms with Gasteiger partial charge in [-0.3, -0.25) is 4.79 Å². The van der Waals surface area contributed by atoms with Gasteiger partial charge in [0.1, 0.15) is 5.75 Å². The molecule has 0 aromatic heterocycles. The van der Waals surface area contributed by atoms with Gasteiger partial charge in [0.05, 0.1) is 12.0 Å². The summed E-state index contributed by atoms with van der Waals surface area (Å²) in [6.45, 7) is 6.16. The predicted octanol–water partition coefficient (Wildman–Crippen LogP) is 4.24. The molecule has 20 heavy (non-hydrogen) atoms. The standard InChI is InChI=1S/C16H24O3S/c1-4-19-15(18)16(2,3)11-5-6-12-20-14-9-7-13(17)8-10-14/h7-10,17H,4-6,11-12H2,1-3H3. The number of carbonyl (C=O) groups is 1. The van der Waals surface area contributed by atoms with Crippen LogP contribution in [0.5, 0.6) is 5.75 Å². The fourth-order valence-corrected chi connectivity index (χ4v) is 2.74. The lowest BCUT2D eigenvalue weighted by atomic mass is 9.87. The van der Waals surface area contributed by atoms with Crippen LogP contribution in [0, 0.1) is 5.41 Å². The Morgan fingerprint density at radius 1 is 1.25 bits per heavy atom. The van der Waals surface area contributed by atoms with Crippen LogP contribution in [-0.4, -0.2) is 23.4 Å². The highest BCUT2D eigenvalue weighted by Crippen LogP contribution is 2.27. The Bertz CT molecular complexity index is 412. The lowest BCUT2D eigenvalue weighted by Gasteiger charge is -2.21. The molecule has 0 fully saturated rings. The molecule has 3 nitrogen and oxygen atoms in total. The minimum absolute atomic E-state index is 0.105. The number of phenols is 1. The molecular formula is C16H24O3S. The molecule has 1 N–H and O–H groups in total. The van der Waals surface area contributed by atoms with Crippen LogP contribution in [0.1, 0.15) is 40.0 Å². The summed E-state index contributed by atoms with van der Waals surface area (Å²) in [5.74, 6) is 1.21. The molecule has 0 aliphatic heterocycles. The van der Waals surface area contributed by atoms with E-state index < -0.39 is 0 Å². The summed E-state index contributed by atoms with van der Waals surface area (Å²) >= 11 is 1.77. The summed E-state index contributed by atoms with van der Waals surface area (Å²) in [4.78, 5) is 12.9. The number of carbonyl (C=O) groups excluding carboxylic acids is 1. The first-order chi connectivity index (χ1) is 9.45. The maximum Gasteiger partial charge on any atom is 0.311 e. The second-order valence-electron chi connectivity index (χ2n) is 5.40. The lowest BCUT2D eigenvalue weighted by molar-refractivity contribution is -0.153. The number of rotatable bonds is 8. The summed E-state index contributed by atoms with van der Waals surface area (Å²) in [7, 11) is 0. The number of benzene rings is 1. The fraction of sp³-hybridized carbons (Fsp3) is 0.562. The highest BCUT2D eigenvalue weighted by atomic mass is 32.2. The first kappa shape index (κ1) is 16.9. The van der Waals surface area contributed by atoms with Crippen LogP contribution in [-0.2, 0) is 9.53 Å². The van der Waals surface area contributed by atoms with Crippen LogP contribution in [0.25, 0.3) is 0 Å². The highest BCUT2D eigenvalue weighted by molar-refractivity contribution is 7.99. The van der Waals surface area contributed by atoms with Crippen LogP contribution in [0.4, 0.5) is 0 Å². The van der Waals surface area contributed by atoms with E-state index in [1.165, 1.54) is 0 Å². The lowest BCUT2D eigenvalue weighted by Crippen LogP contribution is -2.26. The zero-order valence-corrected chi connectivity index (χ0v) is 13.3. The van der Waals surface area contributed by atoms with E-state index in [1.807, 2.05) is 32.9 Å². The smallest absolute Gasteiger partial charge is 0.311 e. The number of thioether (sulfide) groups is 1. The van der Waals surface area contributed by atoms with Crippen LogP contribution in [0.15, 0.2) is 29.2 Å². The largest absolute Gasteiger partial charge is 0.508 e. The monoisotopic (exact) mass is 296 g/mol. The van der Waals surface area contributed by atoms with Gasteiger partial charge in [0.25, 0.3) is 0 Å². The van der Waals surface area contributed by atoms with Crippen molar-refractivity contribution in [1.82, 2.24) is 0 Å². The normalized spacial score (nSPS) is 11.3. The number of unbranched alkanes of at least 4 members (excludes halogenated alkanes) is 1. The molecule has 0 atom stereocenters. The minimum Gasteiger partial charge on any atom is -0.508 e. The molecule has 0 spiro atoms. The van der Waals surface area contributed by atoms with E-state index in [1.54, 1.807) is 23.9 Å². The number of hydrogen-bond acceptors (Lipinski definition) is 4. The maximum absolute atomic E-state index is 11.7. The van der Waals surface area contributed by atoms with Crippen LogP contribution in [0.2, 0.25) is 0 Å². The number of aromatic hydroxyl groups is 1. The van der Waals surface area contributed by atoms with Gasteiger partial charge in [-0.15, -0.1) is 11.8 Å². The average molecular weight is 296 g/mol. The van der Waals surface area contributed by atoms with Crippen LogP contribution in [0.3, 0.4) is 0 Å². The molecule has 0 radical (unpaired) electrons. The van der Waals surface area contributed by atoms with Crippen molar-refractivity contribution in [1.29, 1.82) is 0 Å². The van der Waals surface area contributed by atoms with Gasteiger partial charge in [0.15, 0.2) is 0 Å². The number of esters is 1. The Morgan fingerprint density at radius 3 is 2.50 bits per heavy atom. The summed E-state index contributed by atoms with van der Waals surface area (Å²) in [6, 6.07) is 7.24. The summed E-state index contributed by atoms with van der Waals surface area (Å²) in [6.07, 6.45) is 2.92. The van der Waals surface area contributed by atoms with Crippen molar-refractivity contribution in [2.75, 3.05) is 12.4 Å². The van der Waals surface area contributed by atoms with Gasteiger partial charge in [-0.05, 0) is 63.6 Å². The maximum atomic E-state index is 11.7. The molecule has 1 aromatic carbocycles. The molecule has 0 aliphatic carbocycles. The summed E-state index contributed by atoms with van der Waals surface area (Å²) in [5, 5.41) is 9.20. The molecule has 0 saturated heterocycles. The first-order valence-electron chi connectivity index (χ1n) is 7.05. The van der Waals surface area contributed by atoms with E-state index in [0.717, 1.165) is 29.9 Å². The average Bonchev–Trinajstić information content (AvgIpc) is 2.40. The predicted molar refractivity (Wildman–Crippen MR) is 83.1 cm³/mol. The topological polar surface area (TPSA) is 46.5 Å². The van der Waals surface area contributed by atoms with Gasteiger partial charge in [0.2, 0.25) is 0 Å². The second-order valence-corrected chi connectivity index (χ2v) is 6.57. The molecule has 0 bridgehead atoms. The molecule has 0 amide bonds. The van der Waals surface area contributed by atoms with Gasteiger partial charge in [-0.1, -0.05) is 6.42 Å². The van der Waals surface area contributed by atoms with E-state index >= 15 is 0 Å². The highest BCUT2D eigenvalue weighted by Gasteiger charge is 2.28. The third-order valence-electron chi connectivity index (χ3n) is 3.13. The third kappa shape index (κ3) is 5.87. The van der Waals surface area contributed by atoms with Crippen LogP contribution < -0.4 is 0 Å². The van der Waals surface area contributed by atoms with Crippen molar-refractivity contribution >= 4 is 17.7 Å². The Hall–Kier alpha value is -1.16. The summed E-state index contributed by atoms with van der Waals surface area (Å²) in [5.41, 5.74) is -0.390. The van der Waals surface area contributed by atoms with Gasteiger partial charge < -0.3 is 9.84 Å². The Balaban J connectivity index is 2.21. The van der Waals surface area contributed by atoms with Crippen molar-refractivity contribution in [2.45, 2.75) is 44.9 Å². The molecule has 4 heteroatoms. The van der Waals surface area contributed by atoms with Crippen molar-refractivity contribution < 1.29 is 14.6 Å². The Labute approximate surface area is 125 Å². The zero-order chi connectivity index (χ0) is 15.0. The van der Waals surface area contributed by atoms with Crippen molar-refractivity contribution in [2.24, 2.45) is 5.41 Å². The van der Waals surface area contributed by atoms with Gasteiger partial charge >= 0.3 is 5.97 Å². The Morgan fingerprint density at radius 2 is 1.90 bits per heavy atom. The van der Waals surface area contributed by atoms with E-state index in [4.69, 9.17) is 4.74 Å². The minimum atomic E-state index is -0.390. The molecule has 1 aromatic rings. The van der Waals surface area contributed by atoms with Crippen molar-refractivity contribution in [3.05, 3.63) is 24.3 Å². The zero-order valence-electron chi connectivity index (χ0n) is 12.5. The van der Waals surface area contributed by atoms with E-state index in [0.29, 0.717) is 12.4 Å². The van der Waals surface area contributed by atoms with Gasteiger partial charge in [-0.25, -0.2) is 0 Å². The molecular weight excluding hydrogens is 272 g/mol. The number of ether oxygens (including phenoxy) is 1. The van der Waals surface area contributed by atoms with Crippen molar-refractivity contribution in [3.8, 4) is 5.75 Å².